The fourth-order valence-corrected chi connectivity index (χ4v) is 4.01. The predicted molar refractivity (Wildman–Crippen MR) is 122 cm³/mol. The van der Waals surface area contributed by atoms with Crippen LogP contribution in [0.5, 0.6) is 0 Å². The quantitative estimate of drug-likeness (QED) is 0.338. The van der Waals surface area contributed by atoms with Crippen molar-refractivity contribution in [2.24, 2.45) is 0 Å². The van der Waals surface area contributed by atoms with E-state index in [4.69, 9.17) is 46.4 Å². The van der Waals surface area contributed by atoms with E-state index in [1.54, 1.807) is 18.2 Å². The van der Waals surface area contributed by atoms with Gasteiger partial charge in [-0.05, 0) is 36.4 Å². The molecule has 0 fully saturated rings. The van der Waals surface area contributed by atoms with Gasteiger partial charge < -0.3 is 5.32 Å². The van der Waals surface area contributed by atoms with Crippen molar-refractivity contribution in [1.82, 2.24) is 4.98 Å². The van der Waals surface area contributed by atoms with Crippen molar-refractivity contribution in [3.8, 4) is 11.3 Å². The second-order valence-electron chi connectivity index (χ2n) is 6.28. The Hall–Kier alpha value is -2.30. The molecule has 0 saturated heterocycles. The zero-order valence-corrected chi connectivity index (χ0v) is 17.7. The number of nitrogens with one attached hydrogen (secondary N) is 1. The first-order chi connectivity index (χ1) is 13.9. The Morgan fingerprint density at radius 3 is 2.14 bits per heavy atom. The molecule has 1 N–H and O–H groups in total. The van der Waals surface area contributed by atoms with Gasteiger partial charge in [0.25, 0.3) is 5.91 Å². The summed E-state index contributed by atoms with van der Waals surface area (Å²) in [5.74, 6) is -0.357. The van der Waals surface area contributed by atoms with Crippen molar-refractivity contribution in [2.75, 3.05) is 5.32 Å². The standard InChI is InChI=1S/C22H12Cl4N2O/c23-13-7-5-12(6-8-13)20-11-16(15-3-1-2-4-19(15)27-20)22(29)28-21-17(25)9-14(24)10-18(21)26/h1-11H,(H,28,29). The van der Waals surface area contributed by atoms with Crippen LogP contribution in [0.15, 0.2) is 66.7 Å². The second kappa shape index (κ2) is 8.21. The van der Waals surface area contributed by atoms with Crippen molar-refractivity contribution >= 4 is 68.9 Å². The highest BCUT2D eigenvalue weighted by atomic mass is 35.5. The molecule has 0 bridgehead atoms. The minimum Gasteiger partial charge on any atom is -0.319 e. The number of aromatic nitrogens is 1. The van der Waals surface area contributed by atoms with E-state index in [9.17, 15) is 4.79 Å². The maximum atomic E-state index is 13.1. The average Bonchev–Trinajstić information content (AvgIpc) is 2.70. The van der Waals surface area contributed by atoms with Crippen LogP contribution in [0.1, 0.15) is 10.4 Å². The minimum atomic E-state index is -0.357. The summed E-state index contributed by atoms with van der Waals surface area (Å²) in [6, 6.07) is 19.5. The van der Waals surface area contributed by atoms with Crippen LogP contribution in [-0.2, 0) is 0 Å². The summed E-state index contributed by atoms with van der Waals surface area (Å²) in [7, 11) is 0. The summed E-state index contributed by atoms with van der Waals surface area (Å²) >= 11 is 24.4. The Labute approximate surface area is 187 Å². The van der Waals surface area contributed by atoms with Gasteiger partial charge in [0.2, 0.25) is 0 Å². The number of anilines is 1. The molecule has 29 heavy (non-hydrogen) atoms. The maximum absolute atomic E-state index is 13.1. The average molecular weight is 462 g/mol. The molecule has 0 saturated carbocycles. The van der Waals surface area contributed by atoms with Gasteiger partial charge in [-0.15, -0.1) is 0 Å². The number of pyridine rings is 1. The van der Waals surface area contributed by atoms with Crippen molar-refractivity contribution in [2.45, 2.75) is 0 Å². The van der Waals surface area contributed by atoms with Gasteiger partial charge in [-0.1, -0.05) is 76.7 Å². The fraction of sp³-hybridized carbons (Fsp3) is 0. The number of para-hydroxylation sites is 1. The van der Waals surface area contributed by atoms with Gasteiger partial charge in [0.1, 0.15) is 0 Å². The molecule has 1 aromatic heterocycles. The molecule has 4 rings (SSSR count). The highest BCUT2D eigenvalue weighted by molar-refractivity contribution is 6.42. The van der Waals surface area contributed by atoms with E-state index in [1.165, 1.54) is 12.1 Å². The zero-order valence-electron chi connectivity index (χ0n) is 14.7. The van der Waals surface area contributed by atoms with Crippen molar-refractivity contribution in [1.29, 1.82) is 0 Å². The molecule has 0 atom stereocenters. The Bertz CT molecular complexity index is 1220. The lowest BCUT2D eigenvalue weighted by Crippen LogP contribution is -2.14. The number of hydrogen-bond acceptors (Lipinski definition) is 2. The lowest BCUT2D eigenvalue weighted by Gasteiger charge is -2.13. The minimum absolute atomic E-state index is 0.257. The van der Waals surface area contributed by atoms with E-state index in [1.807, 2.05) is 36.4 Å². The summed E-state index contributed by atoms with van der Waals surface area (Å²) in [5.41, 5.74) is 2.94. The van der Waals surface area contributed by atoms with Crippen LogP contribution in [0.2, 0.25) is 20.1 Å². The van der Waals surface area contributed by atoms with E-state index in [-0.39, 0.29) is 16.0 Å². The molecule has 1 heterocycles. The second-order valence-corrected chi connectivity index (χ2v) is 7.96. The SMILES string of the molecule is O=C(Nc1c(Cl)cc(Cl)cc1Cl)c1cc(-c2ccc(Cl)cc2)nc2ccccc12. The molecule has 1 amide bonds. The number of hydrogen-bond donors (Lipinski definition) is 1. The fourth-order valence-electron chi connectivity index (χ4n) is 2.97. The van der Waals surface area contributed by atoms with E-state index in [0.717, 1.165) is 5.56 Å². The molecular formula is C22H12Cl4N2O. The van der Waals surface area contributed by atoms with E-state index >= 15 is 0 Å². The van der Waals surface area contributed by atoms with Gasteiger partial charge in [0.05, 0.1) is 32.5 Å². The summed E-state index contributed by atoms with van der Waals surface area (Å²) in [6.45, 7) is 0. The molecule has 3 nitrogen and oxygen atoms in total. The van der Waals surface area contributed by atoms with Crippen molar-refractivity contribution in [3.05, 3.63) is 92.4 Å². The van der Waals surface area contributed by atoms with E-state index in [0.29, 0.717) is 37.9 Å². The molecule has 0 radical (unpaired) electrons. The number of carbonyl (C=O) groups excluding carboxylic acids is 1. The molecule has 0 aliphatic heterocycles. The third-order valence-electron chi connectivity index (χ3n) is 4.35. The number of benzene rings is 3. The van der Waals surface area contributed by atoms with Crippen LogP contribution in [-0.4, -0.2) is 10.9 Å². The van der Waals surface area contributed by atoms with Gasteiger partial charge in [-0.2, -0.15) is 0 Å². The number of carbonyl (C=O) groups is 1. The zero-order chi connectivity index (χ0) is 20.5. The monoisotopic (exact) mass is 460 g/mol. The number of rotatable bonds is 3. The number of halogens is 4. The molecule has 0 spiro atoms. The summed E-state index contributed by atoms with van der Waals surface area (Å²) in [5, 5.41) is 5.03. The smallest absolute Gasteiger partial charge is 0.256 e. The van der Waals surface area contributed by atoms with E-state index in [2.05, 4.69) is 10.3 Å². The lowest BCUT2D eigenvalue weighted by atomic mass is 10.0. The van der Waals surface area contributed by atoms with Crippen LogP contribution in [0, 0.1) is 0 Å². The Balaban J connectivity index is 1.82. The van der Waals surface area contributed by atoms with Gasteiger partial charge in [0, 0.05) is 21.0 Å². The Morgan fingerprint density at radius 2 is 1.45 bits per heavy atom. The Morgan fingerprint density at radius 1 is 0.793 bits per heavy atom. The topological polar surface area (TPSA) is 42.0 Å². The molecule has 0 unspecified atom stereocenters. The molecule has 0 aliphatic carbocycles. The normalized spacial score (nSPS) is 10.9. The Kier molecular flexibility index (Phi) is 5.66. The predicted octanol–water partition coefficient (Wildman–Crippen LogP) is 7.77. The van der Waals surface area contributed by atoms with Crippen LogP contribution < -0.4 is 5.32 Å². The third kappa shape index (κ3) is 4.19. The van der Waals surface area contributed by atoms with Crippen LogP contribution in [0.4, 0.5) is 5.69 Å². The van der Waals surface area contributed by atoms with Crippen LogP contribution in [0.3, 0.4) is 0 Å². The molecular weight excluding hydrogens is 450 g/mol. The van der Waals surface area contributed by atoms with Crippen LogP contribution >= 0.6 is 46.4 Å². The lowest BCUT2D eigenvalue weighted by molar-refractivity contribution is 0.102. The first-order valence-electron chi connectivity index (χ1n) is 8.54. The van der Waals surface area contributed by atoms with Crippen molar-refractivity contribution in [3.63, 3.8) is 0 Å². The molecule has 4 aromatic rings. The largest absolute Gasteiger partial charge is 0.319 e. The number of nitrogens with zero attached hydrogens (tertiary/aromatic N) is 1. The first-order valence-corrected chi connectivity index (χ1v) is 10.0. The number of amides is 1. The highest BCUT2D eigenvalue weighted by Crippen LogP contribution is 2.34. The summed E-state index contributed by atoms with van der Waals surface area (Å²) in [6.07, 6.45) is 0. The molecule has 144 valence electrons. The maximum Gasteiger partial charge on any atom is 0.256 e. The van der Waals surface area contributed by atoms with Crippen LogP contribution in [0.25, 0.3) is 22.2 Å². The van der Waals surface area contributed by atoms with Gasteiger partial charge >= 0.3 is 0 Å². The summed E-state index contributed by atoms with van der Waals surface area (Å²) in [4.78, 5) is 17.8. The molecule has 3 aromatic carbocycles. The van der Waals surface area contributed by atoms with Crippen molar-refractivity contribution < 1.29 is 4.79 Å². The van der Waals surface area contributed by atoms with Gasteiger partial charge in [-0.25, -0.2) is 4.98 Å². The van der Waals surface area contributed by atoms with Gasteiger partial charge in [-0.3, -0.25) is 4.79 Å². The third-order valence-corrected chi connectivity index (χ3v) is 5.41. The van der Waals surface area contributed by atoms with Gasteiger partial charge in [0.15, 0.2) is 0 Å². The molecule has 7 heteroatoms. The number of fused-ring (bicyclic) bond motifs is 1. The first kappa shape index (κ1) is 20.0. The summed E-state index contributed by atoms with van der Waals surface area (Å²) < 4.78 is 0. The highest BCUT2D eigenvalue weighted by Gasteiger charge is 2.17. The van der Waals surface area contributed by atoms with E-state index < -0.39 is 0 Å². The molecule has 0 aliphatic rings.